The molecule has 0 aliphatic carbocycles. The molecule has 1 aromatic heterocycles. The van der Waals surface area contributed by atoms with Crippen LogP contribution in [0.25, 0.3) is 0 Å². The van der Waals surface area contributed by atoms with Gasteiger partial charge in [0.25, 0.3) is 5.91 Å². The van der Waals surface area contributed by atoms with Gasteiger partial charge in [0.05, 0.1) is 21.7 Å². The highest BCUT2D eigenvalue weighted by Crippen LogP contribution is 2.52. The summed E-state index contributed by atoms with van der Waals surface area (Å²) in [5.74, 6) is -0.248. The number of nitrogens with one attached hydrogen (secondary N) is 1. The topological polar surface area (TPSA) is 45.2 Å². The molecule has 4 nitrogen and oxygen atoms in total. The summed E-state index contributed by atoms with van der Waals surface area (Å²) in [6, 6.07) is 10.7. The number of pyridine rings is 1. The van der Waals surface area contributed by atoms with Gasteiger partial charge in [0.2, 0.25) is 0 Å². The molecule has 142 valence electrons. The summed E-state index contributed by atoms with van der Waals surface area (Å²) >= 11 is 12.5. The highest BCUT2D eigenvalue weighted by atomic mass is 35.5. The van der Waals surface area contributed by atoms with Crippen LogP contribution in [0.4, 0.5) is 0 Å². The average Bonchev–Trinajstić information content (AvgIpc) is 3.22. The number of aromatic nitrogens is 1. The van der Waals surface area contributed by atoms with Crippen molar-refractivity contribution in [1.29, 1.82) is 0 Å². The van der Waals surface area contributed by atoms with E-state index in [1.165, 1.54) is 25.2 Å². The number of carbonyl (C=O) groups excluding carboxylic acids is 1. The van der Waals surface area contributed by atoms with Gasteiger partial charge in [-0.1, -0.05) is 60.5 Å². The van der Waals surface area contributed by atoms with Crippen LogP contribution in [0.1, 0.15) is 54.6 Å². The minimum absolute atomic E-state index is 0.0532. The smallest absolute Gasteiger partial charge is 0.254 e. The van der Waals surface area contributed by atoms with Crippen LogP contribution in [0.15, 0.2) is 42.7 Å². The largest absolute Gasteiger partial charge is 0.343 e. The van der Waals surface area contributed by atoms with Crippen molar-refractivity contribution in [3.05, 3.63) is 63.9 Å². The maximum atomic E-state index is 13.2. The zero-order valence-electron chi connectivity index (χ0n) is 15.3. The molecule has 0 saturated carbocycles. The Morgan fingerprint density at radius 2 is 1.85 bits per heavy atom. The maximum Gasteiger partial charge on any atom is 0.254 e. The molecule has 1 atom stereocenters. The van der Waals surface area contributed by atoms with E-state index < -0.39 is 0 Å². The third-order valence-electron chi connectivity index (χ3n) is 6.20. The number of halogens is 2. The molecule has 1 amide bonds. The van der Waals surface area contributed by atoms with Gasteiger partial charge in [0, 0.05) is 24.0 Å². The van der Waals surface area contributed by atoms with Crippen molar-refractivity contribution < 1.29 is 4.79 Å². The maximum absolute atomic E-state index is 13.2. The van der Waals surface area contributed by atoms with Crippen molar-refractivity contribution in [2.24, 2.45) is 0 Å². The monoisotopic (exact) mass is 403 g/mol. The van der Waals surface area contributed by atoms with Gasteiger partial charge in [-0.3, -0.25) is 14.7 Å². The zero-order chi connectivity index (χ0) is 19.0. The van der Waals surface area contributed by atoms with Crippen LogP contribution in [0.3, 0.4) is 0 Å². The third-order valence-corrected chi connectivity index (χ3v) is 6.77. The molecule has 2 aliphatic rings. The Morgan fingerprint density at radius 3 is 2.44 bits per heavy atom. The molecule has 6 heteroatoms. The third kappa shape index (κ3) is 3.14. The van der Waals surface area contributed by atoms with Crippen LogP contribution in [0, 0.1) is 0 Å². The van der Waals surface area contributed by atoms with E-state index in [-0.39, 0.29) is 27.5 Å². The Hall–Kier alpha value is -1.62. The summed E-state index contributed by atoms with van der Waals surface area (Å²) in [7, 11) is 0. The SMILES string of the molecule is CCN1C2CCC1(C(NC(=O)c1c(Cl)cncc1Cl)c1ccccc1)CC2. The van der Waals surface area contributed by atoms with Crippen molar-refractivity contribution >= 4 is 29.1 Å². The number of benzene rings is 1. The summed E-state index contributed by atoms with van der Waals surface area (Å²) in [4.78, 5) is 19.7. The molecule has 2 fully saturated rings. The van der Waals surface area contributed by atoms with Crippen molar-refractivity contribution in [1.82, 2.24) is 15.2 Å². The van der Waals surface area contributed by atoms with E-state index in [1.807, 2.05) is 18.2 Å². The molecule has 0 radical (unpaired) electrons. The molecular weight excluding hydrogens is 381 g/mol. The van der Waals surface area contributed by atoms with E-state index in [0.29, 0.717) is 11.6 Å². The van der Waals surface area contributed by atoms with Gasteiger partial charge >= 0.3 is 0 Å². The standard InChI is InChI=1S/C21H23Cl2N3O/c1-2-26-15-8-10-21(26,11-9-15)19(14-6-4-3-5-7-14)25-20(27)18-16(22)12-24-13-17(18)23/h3-7,12-13,15,19H,2,8-11H2,1H3,(H,25,27). The molecule has 1 aromatic carbocycles. The van der Waals surface area contributed by atoms with Crippen molar-refractivity contribution in [3.63, 3.8) is 0 Å². The zero-order valence-corrected chi connectivity index (χ0v) is 16.8. The van der Waals surface area contributed by atoms with Crippen LogP contribution in [-0.4, -0.2) is 33.9 Å². The Bertz CT molecular complexity index is 814. The van der Waals surface area contributed by atoms with Gasteiger partial charge in [0.15, 0.2) is 0 Å². The first-order chi connectivity index (χ1) is 13.1. The second-order valence-electron chi connectivity index (χ2n) is 7.42. The van der Waals surface area contributed by atoms with Crippen LogP contribution < -0.4 is 5.32 Å². The lowest BCUT2D eigenvalue weighted by atomic mass is 9.78. The van der Waals surface area contributed by atoms with E-state index >= 15 is 0 Å². The summed E-state index contributed by atoms with van der Waals surface area (Å²) in [6.07, 6.45) is 7.45. The van der Waals surface area contributed by atoms with E-state index in [2.05, 4.69) is 34.3 Å². The van der Waals surface area contributed by atoms with Gasteiger partial charge in [-0.05, 0) is 37.8 Å². The van der Waals surface area contributed by atoms with Crippen LogP contribution in [0.2, 0.25) is 10.0 Å². The quantitative estimate of drug-likeness (QED) is 0.773. The van der Waals surface area contributed by atoms with Crippen molar-refractivity contribution in [2.45, 2.75) is 50.2 Å². The van der Waals surface area contributed by atoms with Crippen LogP contribution >= 0.6 is 23.2 Å². The fourth-order valence-corrected chi connectivity index (χ4v) is 5.63. The van der Waals surface area contributed by atoms with Gasteiger partial charge in [-0.2, -0.15) is 0 Å². The summed E-state index contributed by atoms with van der Waals surface area (Å²) in [6.45, 7) is 3.19. The Kier molecular flexibility index (Phi) is 5.15. The first-order valence-corrected chi connectivity index (χ1v) is 10.2. The van der Waals surface area contributed by atoms with Crippen LogP contribution in [0.5, 0.6) is 0 Å². The number of carbonyl (C=O) groups is 1. The highest BCUT2D eigenvalue weighted by molar-refractivity contribution is 6.39. The second-order valence-corrected chi connectivity index (χ2v) is 8.23. The number of likely N-dealkylation sites (N-methyl/N-ethyl adjacent to an activating group) is 1. The summed E-state index contributed by atoms with van der Waals surface area (Å²) in [5, 5.41) is 3.82. The summed E-state index contributed by atoms with van der Waals surface area (Å²) < 4.78 is 0. The molecule has 2 aromatic rings. The van der Waals surface area contributed by atoms with E-state index in [4.69, 9.17) is 23.2 Å². The Morgan fingerprint density at radius 1 is 1.22 bits per heavy atom. The minimum atomic E-state index is -0.248. The molecule has 2 bridgehead atoms. The fraction of sp³-hybridized carbons (Fsp3) is 0.429. The van der Waals surface area contributed by atoms with Crippen LogP contribution in [-0.2, 0) is 0 Å². The molecule has 27 heavy (non-hydrogen) atoms. The predicted molar refractivity (Wildman–Crippen MR) is 108 cm³/mol. The van der Waals surface area contributed by atoms with Crippen molar-refractivity contribution in [2.75, 3.05) is 6.54 Å². The molecular formula is C21H23Cl2N3O. The minimum Gasteiger partial charge on any atom is -0.343 e. The molecule has 2 aliphatic heterocycles. The van der Waals surface area contributed by atoms with Gasteiger partial charge in [0.1, 0.15) is 0 Å². The first-order valence-electron chi connectivity index (χ1n) is 9.48. The number of rotatable bonds is 5. The summed E-state index contributed by atoms with van der Waals surface area (Å²) in [5.41, 5.74) is 1.36. The highest BCUT2D eigenvalue weighted by Gasteiger charge is 2.55. The van der Waals surface area contributed by atoms with Gasteiger partial charge < -0.3 is 5.32 Å². The number of amides is 1. The number of fused-ring (bicyclic) bond motifs is 2. The Balaban J connectivity index is 1.73. The lowest BCUT2D eigenvalue weighted by molar-refractivity contribution is 0.0797. The molecule has 2 saturated heterocycles. The molecule has 3 heterocycles. The molecule has 1 N–H and O–H groups in total. The van der Waals surface area contributed by atoms with Gasteiger partial charge in [-0.25, -0.2) is 0 Å². The lowest BCUT2D eigenvalue weighted by Gasteiger charge is -2.42. The van der Waals surface area contributed by atoms with Gasteiger partial charge in [-0.15, -0.1) is 0 Å². The predicted octanol–water partition coefficient (Wildman–Crippen LogP) is 4.88. The van der Waals surface area contributed by atoms with E-state index in [0.717, 1.165) is 24.9 Å². The van der Waals surface area contributed by atoms with E-state index in [9.17, 15) is 4.79 Å². The normalized spacial score (nSPS) is 25.5. The van der Waals surface area contributed by atoms with Crippen molar-refractivity contribution in [3.8, 4) is 0 Å². The number of nitrogens with zero attached hydrogens (tertiary/aromatic N) is 2. The fourth-order valence-electron chi connectivity index (χ4n) is 5.10. The Labute approximate surface area is 169 Å². The lowest BCUT2D eigenvalue weighted by Crippen LogP contribution is -2.52. The number of hydrogen-bond donors (Lipinski definition) is 1. The first kappa shape index (κ1) is 18.7. The number of hydrogen-bond acceptors (Lipinski definition) is 3. The molecule has 4 rings (SSSR count). The second kappa shape index (κ2) is 7.42. The molecule has 0 spiro atoms. The average molecular weight is 404 g/mol. The molecule has 1 unspecified atom stereocenters. The van der Waals surface area contributed by atoms with E-state index in [1.54, 1.807) is 0 Å².